The highest BCUT2D eigenvalue weighted by molar-refractivity contribution is 5.76. The molecule has 0 radical (unpaired) electrons. The van der Waals surface area contributed by atoms with Crippen LogP contribution in [-0.4, -0.2) is 45.6 Å². The first-order valence-electron chi connectivity index (χ1n) is 9.36. The number of carboxylic acids is 2. The Balaban J connectivity index is 0.00000129. The van der Waals surface area contributed by atoms with Gasteiger partial charge in [0.05, 0.1) is 18.6 Å². The van der Waals surface area contributed by atoms with Gasteiger partial charge in [0.1, 0.15) is 0 Å². The number of aliphatic hydroxyl groups excluding tert-OH is 2. The molecule has 0 bridgehead atoms. The van der Waals surface area contributed by atoms with E-state index >= 15 is 0 Å². The second-order valence-electron chi connectivity index (χ2n) is 7.92. The van der Waals surface area contributed by atoms with Crippen molar-refractivity contribution in [2.45, 2.75) is 84.5 Å². The van der Waals surface area contributed by atoms with E-state index in [0.29, 0.717) is 0 Å². The SMILES string of the molecule is CC1(C)CC(CCCCCCCCCC(=O)O)(C(=O)O)C1.OCCO. The normalized spacial score (nSPS) is 17.1. The fourth-order valence-electron chi connectivity index (χ4n) is 3.84. The van der Waals surface area contributed by atoms with Crippen LogP contribution < -0.4 is 0 Å². The predicted octanol–water partition coefficient (Wildman–Crippen LogP) is 3.44. The molecule has 25 heavy (non-hydrogen) atoms. The van der Waals surface area contributed by atoms with Gasteiger partial charge < -0.3 is 20.4 Å². The van der Waals surface area contributed by atoms with E-state index in [9.17, 15) is 14.7 Å². The summed E-state index contributed by atoms with van der Waals surface area (Å²) >= 11 is 0. The maximum atomic E-state index is 11.4. The third kappa shape index (κ3) is 10.4. The number of aliphatic hydroxyl groups is 2. The summed E-state index contributed by atoms with van der Waals surface area (Å²) in [5, 5.41) is 33.2. The van der Waals surface area contributed by atoms with E-state index in [1.807, 2.05) is 0 Å². The van der Waals surface area contributed by atoms with Gasteiger partial charge in [-0.1, -0.05) is 52.4 Å². The lowest BCUT2D eigenvalue weighted by atomic mass is 9.53. The minimum Gasteiger partial charge on any atom is -0.481 e. The molecule has 1 saturated carbocycles. The fraction of sp³-hybridized carbons (Fsp3) is 0.895. The molecule has 1 rings (SSSR count). The molecular weight excluding hydrogens is 324 g/mol. The summed E-state index contributed by atoms with van der Waals surface area (Å²) in [5.74, 6) is -1.33. The molecule has 0 saturated heterocycles. The third-order valence-electron chi connectivity index (χ3n) is 4.73. The molecule has 0 unspecified atom stereocenters. The van der Waals surface area contributed by atoms with Gasteiger partial charge in [0, 0.05) is 6.42 Å². The fourth-order valence-corrected chi connectivity index (χ4v) is 3.84. The summed E-state index contributed by atoms with van der Waals surface area (Å²) in [6.07, 6.45) is 9.90. The quantitative estimate of drug-likeness (QED) is 0.396. The highest BCUT2D eigenvalue weighted by Crippen LogP contribution is 2.56. The molecule has 0 atom stereocenters. The molecule has 0 aromatic rings. The summed E-state index contributed by atoms with van der Waals surface area (Å²) < 4.78 is 0. The van der Waals surface area contributed by atoms with Crippen LogP contribution in [0.15, 0.2) is 0 Å². The van der Waals surface area contributed by atoms with Gasteiger partial charge in [0.25, 0.3) is 0 Å². The first-order valence-corrected chi connectivity index (χ1v) is 9.36. The Morgan fingerprint density at radius 3 is 1.60 bits per heavy atom. The van der Waals surface area contributed by atoms with E-state index in [1.54, 1.807) is 0 Å². The average molecular weight is 360 g/mol. The Morgan fingerprint density at radius 2 is 1.24 bits per heavy atom. The zero-order valence-electron chi connectivity index (χ0n) is 15.8. The number of hydrogen-bond acceptors (Lipinski definition) is 4. The zero-order valence-corrected chi connectivity index (χ0v) is 15.8. The molecule has 1 aliphatic rings. The second-order valence-corrected chi connectivity index (χ2v) is 7.92. The van der Waals surface area contributed by atoms with E-state index in [0.717, 1.165) is 64.2 Å². The smallest absolute Gasteiger partial charge is 0.309 e. The highest BCUT2D eigenvalue weighted by Gasteiger charge is 2.53. The van der Waals surface area contributed by atoms with Gasteiger partial charge in [-0.2, -0.15) is 0 Å². The lowest BCUT2D eigenvalue weighted by molar-refractivity contribution is -0.164. The average Bonchev–Trinajstić information content (AvgIpc) is 2.50. The molecule has 148 valence electrons. The van der Waals surface area contributed by atoms with Gasteiger partial charge in [-0.3, -0.25) is 9.59 Å². The first-order chi connectivity index (χ1) is 11.7. The van der Waals surface area contributed by atoms with Gasteiger partial charge in [-0.15, -0.1) is 0 Å². The van der Waals surface area contributed by atoms with Crippen molar-refractivity contribution in [1.29, 1.82) is 0 Å². The Hall–Kier alpha value is -1.14. The standard InChI is InChI=1S/C17H30O4.C2H6O2/c1-16(2)12-17(13-16,15(20)21)11-9-7-5-3-4-6-8-10-14(18)19;3-1-2-4/h3-13H2,1-2H3,(H,18,19)(H,20,21);3-4H,1-2H2. The Morgan fingerprint density at radius 1 is 0.800 bits per heavy atom. The van der Waals surface area contributed by atoms with Crippen LogP contribution in [0.2, 0.25) is 0 Å². The molecule has 4 N–H and O–H groups in total. The van der Waals surface area contributed by atoms with Crippen LogP contribution in [-0.2, 0) is 9.59 Å². The Bertz CT molecular complexity index is 381. The van der Waals surface area contributed by atoms with Gasteiger partial charge in [-0.25, -0.2) is 0 Å². The van der Waals surface area contributed by atoms with E-state index in [-0.39, 0.29) is 25.0 Å². The largest absolute Gasteiger partial charge is 0.481 e. The van der Waals surface area contributed by atoms with Crippen LogP contribution in [0.5, 0.6) is 0 Å². The minimum absolute atomic E-state index is 0.125. The number of aliphatic carboxylic acids is 2. The van der Waals surface area contributed by atoms with Crippen LogP contribution in [0.4, 0.5) is 0 Å². The zero-order chi connectivity index (χ0) is 19.3. The van der Waals surface area contributed by atoms with Gasteiger partial charge in [0.2, 0.25) is 0 Å². The molecule has 1 fully saturated rings. The van der Waals surface area contributed by atoms with Crippen molar-refractivity contribution in [2.75, 3.05) is 13.2 Å². The van der Waals surface area contributed by atoms with Crippen LogP contribution in [0, 0.1) is 10.8 Å². The molecular formula is C19H36O6. The minimum atomic E-state index is -0.711. The topological polar surface area (TPSA) is 115 Å². The summed E-state index contributed by atoms with van der Waals surface area (Å²) in [6.45, 7) is 4.04. The summed E-state index contributed by atoms with van der Waals surface area (Å²) in [7, 11) is 0. The van der Waals surface area contributed by atoms with E-state index in [2.05, 4.69) is 13.8 Å². The van der Waals surface area contributed by atoms with Gasteiger partial charge >= 0.3 is 11.9 Å². The molecule has 0 aromatic heterocycles. The lowest BCUT2D eigenvalue weighted by Crippen LogP contribution is -2.48. The van der Waals surface area contributed by atoms with Crippen molar-refractivity contribution >= 4 is 11.9 Å². The molecule has 6 heteroatoms. The van der Waals surface area contributed by atoms with E-state index in [4.69, 9.17) is 15.3 Å². The van der Waals surface area contributed by atoms with E-state index < -0.39 is 17.4 Å². The number of unbranched alkanes of at least 4 members (excludes halogenated alkanes) is 6. The molecule has 0 aromatic carbocycles. The predicted molar refractivity (Wildman–Crippen MR) is 96.4 cm³/mol. The van der Waals surface area contributed by atoms with Crippen LogP contribution in [0.1, 0.15) is 84.5 Å². The first kappa shape index (κ1) is 23.9. The van der Waals surface area contributed by atoms with Crippen molar-refractivity contribution in [1.82, 2.24) is 0 Å². The Kier molecular flexibility index (Phi) is 11.7. The molecule has 0 aliphatic heterocycles. The number of hydrogen-bond donors (Lipinski definition) is 4. The maximum absolute atomic E-state index is 11.4. The second kappa shape index (κ2) is 12.3. The molecule has 1 aliphatic carbocycles. The van der Waals surface area contributed by atoms with Crippen LogP contribution in [0.3, 0.4) is 0 Å². The number of carbonyl (C=O) groups is 2. The number of carboxylic acid groups (broad SMARTS) is 2. The van der Waals surface area contributed by atoms with Crippen LogP contribution >= 0.6 is 0 Å². The number of rotatable bonds is 12. The maximum Gasteiger partial charge on any atom is 0.309 e. The third-order valence-corrected chi connectivity index (χ3v) is 4.73. The molecule has 0 heterocycles. The van der Waals surface area contributed by atoms with Crippen molar-refractivity contribution in [2.24, 2.45) is 10.8 Å². The van der Waals surface area contributed by atoms with Crippen molar-refractivity contribution in [3.63, 3.8) is 0 Å². The van der Waals surface area contributed by atoms with Crippen LogP contribution in [0.25, 0.3) is 0 Å². The van der Waals surface area contributed by atoms with Gasteiger partial charge in [0.15, 0.2) is 0 Å². The summed E-state index contributed by atoms with van der Waals surface area (Å²) in [5.41, 5.74) is -0.256. The summed E-state index contributed by atoms with van der Waals surface area (Å²) in [6, 6.07) is 0. The highest BCUT2D eigenvalue weighted by atomic mass is 16.4. The monoisotopic (exact) mass is 360 g/mol. The van der Waals surface area contributed by atoms with Gasteiger partial charge in [-0.05, 0) is 31.1 Å². The molecule has 0 spiro atoms. The molecule has 0 amide bonds. The van der Waals surface area contributed by atoms with Crippen molar-refractivity contribution < 1.29 is 30.0 Å². The lowest BCUT2D eigenvalue weighted by Gasteiger charge is -2.50. The molecule has 6 nitrogen and oxygen atoms in total. The van der Waals surface area contributed by atoms with Crippen molar-refractivity contribution in [3.05, 3.63) is 0 Å². The Labute approximate surface area is 151 Å². The van der Waals surface area contributed by atoms with Crippen molar-refractivity contribution in [3.8, 4) is 0 Å². The summed E-state index contributed by atoms with van der Waals surface area (Å²) in [4.78, 5) is 21.8. The van der Waals surface area contributed by atoms with E-state index in [1.165, 1.54) is 0 Å².